The summed E-state index contributed by atoms with van der Waals surface area (Å²) in [6.45, 7) is 2.22. The normalized spacial score (nSPS) is 19.8. The van der Waals surface area contributed by atoms with Crippen molar-refractivity contribution in [3.8, 4) is 0 Å². The molecular weight excluding hydrogens is 405 g/mol. The average molecular weight is 432 g/mol. The van der Waals surface area contributed by atoms with E-state index < -0.39 is 0 Å². The van der Waals surface area contributed by atoms with Crippen molar-refractivity contribution in [2.45, 2.75) is 44.4 Å². The van der Waals surface area contributed by atoms with Crippen LogP contribution in [0.4, 0.5) is 4.39 Å². The molecule has 1 unspecified atom stereocenters. The second-order valence-corrected chi connectivity index (χ2v) is 8.75. The molecule has 3 heterocycles. The van der Waals surface area contributed by atoms with Crippen LogP contribution >= 0.6 is 0 Å². The van der Waals surface area contributed by atoms with Gasteiger partial charge in [-0.25, -0.2) is 14.4 Å². The number of carbonyl (C=O) groups is 1. The first-order valence-corrected chi connectivity index (χ1v) is 11.2. The van der Waals surface area contributed by atoms with Crippen molar-refractivity contribution < 1.29 is 9.18 Å². The van der Waals surface area contributed by atoms with E-state index in [0.717, 1.165) is 53.4 Å². The molecule has 1 aliphatic rings. The summed E-state index contributed by atoms with van der Waals surface area (Å²) in [6, 6.07) is 8.64. The fourth-order valence-corrected chi connectivity index (χ4v) is 5.05. The van der Waals surface area contributed by atoms with E-state index >= 15 is 0 Å². The van der Waals surface area contributed by atoms with Crippen molar-refractivity contribution in [3.05, 3.63) is 65.6 Å². The van der Waals surface area contributed by atoms with Crippen molar-refractivity contribution >= 4 is 27.8 Å². The Balaban J connectivity index is 1.32. The Morgan fingerprint density at radius 3 is 2.72 bits per heavy atom. The van der Waals surface area contributed by atoms with Crippen LogP contribution in [0.2, 0.25) is 0 Å². The van der Waals surface area contributed by atoms with E-state index in [1.165, 1.54) is 11.6 Å². The summed E-state index contributed by atoms with van der Waals surface area (Å²) < 4.78 is 13.9. The second-order valence-electron chi connectivity index (χ2n) is 8.75. The highest BCUT2D eigenvalue weighted by molar-refractivity contribution is 5.94. The van der Waals surface area contributed by atoms with Crippen LogP contribution in [-0.4, -0.2) is 32.9 Å². The number of nitrogens with zero attached hydrogens (tertiary/aromatic N) is 3. The molecule has 1 atom stereocenters. The van der Waals surface area contributed by atoms with Crippen LogP contribution in [0.15, 0.2) is 42.7 Å². The second kappa shape index (κ2) is 8.30. The van der Waals surface area contributed by atoms with Gasteiger partial charge in [-0.15, -0.1) is 0 Å². The van der Waals surface area contributed by atoms with Crippen LogP contribution < -0.4 is 5.32 Å². The van der Waals surface area contributed by atoms with Gasteiger partial charge < -0.3 is 10.3 Å². The van der Waals surface area contributed by atoms with E-state index in [4.69, 9.17) is 4.98 Å². The zero-order valence-corrected chi connectivity index (χ0v) is 18.2. The van der Waals surface area contributed by atoms with Gasteiger partial charge in [-0.3, -0.25) is 9.78 Å². The largest absolute Gasteiger partial charge is 0.354 e. The summed E-state index contributed by atoms with van der Waals surface area (Å²) >= 11 is 0. The van der Waals surface area contributed by atoms with Crippen LogP contribution in [0.25, 0.3) is 21.9 Å². The van der Waals surface area contributed by atoms with Gasteiger partial charge in [-0.2, -0.15) is 0 Å². The molecule has 1 aromatic carbocycles. The van der Waals surface area contributed by atoms with Gasteiger partial charge in [0.1, 0.15) is 22.9 Å². The van der Waals surface area contributed by atoms with E-state index in [1.54, 1.807) is 31.4 Å². The van der Waals surface area contributed by atoms with Gasteiger partial charge in [-0.1, -0.05) is 6.92 Å². The van der Waals surface area contributed by atoms with Crippen molar-refractivity contribution in [3.63, 3.8) is 0 Å². The summed E-state index contributed by atoms with van der Waals surface area (Å²) in [5.41, 5.74) is 4.05. The number of halogens is 1. The summed E-state index contributed by atoms with van der Waals surface area (Å²) in [6.07, 6.45) is 7.78. The first-order valence-electron chi connectivity index (χ1n) is 11.2. The molecule has 0 bridgehead atoms. The van der Waals surface area contributed by atoms with E-state index in [0.29, 0.717) is 17.5 Å². The lowest BCUT2D eigenvalue weighted by Gasteiger charge is -2.32. The summed E-state index contributed by atoms with van der Waals surface area (Å²) in [5, 5.41) is 3.53. The lowest BCUT2D eigenvalue weighted by atomic mass is 9.73. The Hall–Kier alpha value is -3.35. The third-order valence-corrected chi connectivity index (χ3v) is 6.93. The van der Waals surface area contributed by atoms with E-state index in [-0.39, 0.29) is 17.6 Å². The Bertz CT molecular complexity index is 1290. The van der Waals surface area contributed by atoms with Gasteiger partial charge in [0.05, 0.1) is 17.2 Å². The Kier molecular flexibility index (Phi) is 5.33. The van der Waals surface area contributed by atoms with E-state index in [1.807, 2.05) is 12.3 Å². The number of fused-ring (bicyclic) bond motifs is 2. The predicted molar refractivity (Wildman–Crippen MR) is 122 cm³/mol. The first-order chi connectivity index (χ1) is 15.5. The van der Waals surface area contributed by atoms with Gasteiger partial charge in [0.2, 0.25) is 0 Å². The number of carbonyl (C=O) groups excluding carboxylic acids is 1. The monoisotopic (exact) mass is 431 g/mol. The number of pyridine rings is 2. The Labute approximate surface area is 185 Å². The molecule has 32 heavy (non-hydrogen) atoms. The molecule has 0 spiro atoms. The fraction of sp³-hybridized carbons (Fsp3) is 0.360. The maximum absolute atomic E-state index is 13.9. The number of rotatable bonds is 4. The minimum Gasteiger partial charge on any atom is -0.354 e. The molecule has 1 aliphatic carbocycles. The van der Waals surface area contributed by atoms with Crippen molar-refractivity contribution in [2.75, 3.05) is 7.05 Å². The minimum absolute atomic E-state index is 0.210. The Morgan fingerprint density at radius 2 is 1.94 bits per heavy atom. The highest BCUT2D eigenvalue weighted by Gasteiger charge is 2.29. The highest BCUT2D eigenvalue weighted by Crippen LogP contribution is 2.42. The number of benzene rings is 1. The summed E-state index contributed by atoms with van der Waals surface area (Å²) in [5.74, 6) is 1.73. The van der Waals surface area contributed by atoms with Crippen molar-refractivity contribution in [1.29, 1.82) is 0 Å². The highest BCUT2D eigenvalue weighted by atomic mass is 19.1. The number of aromatic amines is 1. The molecule has 0 saturated heterocycles. The van der Waals surface area contributed by atoms with Crippen LogP contribution in [0.5, 0.6) is 0 Å². The van der Waals surface area contributed by atoms with Gasteiger partial charge in [0, 0.05) is 24.5 Å². The van der Waals surface area contributed by atoms with Crippen LogP contribution in [-0.2, 0) is 0 Å². The van der Waals surface area contributed by atoms with Gasteiger partial charge >= 0.3 is 0 Å². The van der Waals surface area contributed by atoms with Crippen molar-refractivity contribution in [1.82, 2.24) is 25.3 Å². The number of H-pyrrole nitrogens is 1. The zero-order valence-electron chi connectivity index (χ0n) is 18.2. The number of hydrogen-bond acceptors (Lipinski definition) is 4. The SMILES string of the molecule is CNC(=O)c1cc2[nH]c(C(C)[C@H]3CC[C@@H](c4ccnc5ccc(F)cc54)CC3)nc2cn1. The molecular formula is C25H26FN5O. The number of aromatic nitrogens is 4. The van der Waals surface area contributed by atoms with Crippen LogP contribution in [0.3, 0.4) is 0 Å². The van der Waals surface area contributed by atoms with Crippen molar-refractivity contribution in [2.24, 2.45) is 5.92 Å². The van der Waals surface area contributed by atoms with Crippen LogP contribution in [0.1, 0.15) is 66.3 Å². The molecule has 0 radical (unpaired) electrons. The molecule has 1 saturated carbocycles. The number of nitrogens with one attached hydrogen (secondary N) is 2. The molecule has 164 valence electrons. The smallest absolute Gasteiger partial charge is 0.269 e. The zero-order chi connectivity index (χ0) is 22.2. The molecule has 1 fully saturated rings. The molecule has 1 amide bonds. The summed E-state index contributed by atoms with van der Waals surface area (Å²) in [4.78, 5) is 28.6. The van der Waals surface area contributed by atoms with Gasteiger partial charge in [-0.05, 0) is 73.4 Å². The number of imidazole rings is 1. The standard InChI is InChI=1S/C25H26FN5O/c1-14(24-30-21-12-22(25(32)27-2)29-13-23(21)31-24)15-3-5-16(6-4-15)18-9-10-28-20-8-7-17(26)11-19(18)20/h7-16H,3-6H2,1-2H3,(H,27,32)(H,30,31)/t14?,15-,16+. The molecule has 7 heteroatoms. The predicted octanol–water partition coefficient (Wildman–Crippen LogP) is 5.08. The molecule has 0 aliphatic heterocycles. The third-order valence-electron chi connectivity index (χ3n) is 6.93. The average Bonchev–Trinajstić information content (AvgIpc) is 3.26. The molecule has 5 rings (SSSR count). The maximum atomic E-state index is 13.9. The fourth-order valence-electron chi connectivity index (χ4n) is 5.05. The molecule has 4 aromatic rings. The van der Waals surface area contributed by atoms with Crippen LogP contribution in [0, 0.1) is 11.7 Å². The van der Waals surface area contributed by atoms with Gasteiger partial charge in [0.15, 0.2) is 0 Å². The number of amides is 1. The lowest BCUT2D eigenvalue weighted by molar-refractivity contribution is 0.0958. The molecule has 6 nitrogen and oxygen atoms in total. The van der Waals surface area contributed by atoms with Gasteiger partial charge in [0.25, 0.3) is 5.91 Å². The quantitative estimate of drug-likeness (QED) is 0.472. The summed E-state index contributed by atoms with van der Waals surface area (Å²) in [7, 11) is 1.59. The Morgan fingerprint density at radius 1 is 1.12 bits per heavy atom. The lowest BCUT2D eigenvalue weighted by Crippen LogP contribution is -2.19. The minimum atomic E-state index is -0.215. The number of hydrogen-bond donors (Lipinski definition) is 2. The molecule has 3 aromatic heterocycles. The van der Waals surface area contributed by atoms with E-state index in [9.17, 15) is 9.18 Å². The first kappa shape index (κ1) is 20.5. The third kappa shape index (κ3) is 3.72. The molecule has 2 N–H and O–H groups in total. The topological polar surface area (TPSA) is 83.6 Å². The van der Waals surface area contributed by atoms with E-state index in [2.05, 4.69) is 27.2 Å². The maximum Gasteiger partial charge on any atom is 0.269 e.